The molecule has 1 aromatic rings. The first-order chi connectivity index (χ1) is 9.79. The van der Waals surface area contributed by atoms with Gasteiger partial charge in [0, 0.05) is 18.9 Å². The smallest absolute Gasteiger partial charge is 0.363 e. The Bertz CT molecular complexity index is 450. The summed E-state index contributed by atoms with van der Waals surface area (Å²) in [5.74, 6) is 1.09. The van der Waals surface area contributed by atoms with E-state index in [1.165, 1.54) is 9.85 Å². The van der Waals surface area contributed by atoms with Crippen molar-refractivity contribution in [3.8, 4) is 0 Å². The lowest BCUT2D eigenvalue weighted by Crippen LogP contribution is -2.69. The molecule has 2 rings (SSSR count). The van der Waals surface area contributed by atoms with Gasteiger partial charge in [0.15, 0.2) is 0 Å². The Hall–Kier alpha value is -0.623. The first-order valence-corrected chi connectivity index (χ1v) is 10.3. The Morgan fingerprint density at radius 1 is 1.20 bits per heavy atom. The number of rotatable bonds is 7. The van der Waals surface area contributed by atoms with Crippen molar-refractivity contribution in [3.05, 3.63) is 30.3 Å². The van der Waals surface area contributed by atoms with Crippen LogP contribution in [0.1, 0.15) is 20.8 Å². The molecule has 1 aliphatic rings. The van der Waals surface area contributed by atoms with Crippen LogP contribution in [-0.2, 0) is 4.43 Å². The summed E-state index contributed by atoms with van der Waals surface area (Å²) in [7, 11) is -2.32. The highest BCUT2D eigenvalue weighted by Crippen LogP contribution is 2.25. The van der Waals surface area contributed by atoms with Crippen LogP contribution in [0.3, 0.4) is 0 Å². The quantitative estimate of drug-likeness (QED) is 0.723. The average molecular weight is 309 g/mol. The van der Waals surface area contributed by atoms with Crippen LogP contribution < -0.4 is 5.19 Å². The topological polar surface area (TPSA) is 24.8 Å². The summed E-state index contributed by atoms with van der Waals surface area (Å²) in [6, 6.07) is 10.7. The van der Waals surface area contributed by atoms with Gasteiger partial charge in [0.1, 0.15) is 4.67 Å². The minimum atomic E-state index is -2.32. The van der Waals surface area contributed by atoms with Gasteiger partial charge in [0.2, 0.25) is 0 Å². The molecular formula is C15H24N2OSSi. The molecule has 3 nitrogen and oxygen atoms in total. The Kier molecular flexibility index (Phi) is 5.83. The monoisotopic (exact) mass is 308 g/mol. The predicted molar refractivity (Wildman–Crippen MR) is 91.1 cm³/mol. The largest absolute Gasteiger partial charge is 0.396 e. The van der Waals surface area contributed by atoms with E-state index in [2.05, 4.69) is 55.7 Å². The van der Waals surface area contributed by atoms with Gasteiger partial charge in [-0.15, -0.1) is 11.8 Å². The van der Waals surface area contributed by atoms with E-state index in [0.717, 1.165) is 32.0 Å². The lowest BCUT2D eigenvalue weighted by Gasteiger charge is -2.39. The normalized spacial score (nSPS) is 18.1. The van der Waals surface area contributed by atoms with Crippen molar-refractivity contribution < 1.29 is 4.43 Å². The van der Waals surface area contributed by atoms with E-state index in [0.29, 0.717) is 0 Å². The van der Waals surface area contributed by atoms with E-state index in [4.69, 9.17) is 9.42 Å². The molecule has 0 radical (unpaired) electrons. The fourth-order valence-corrected chi connectivity index (χ4v) is 8.96. The zero-order valence-corrected chi connectivity index (χ0v) is 14.4. The Morgan fingerprint density at radius 2 is 1.90 bits per heavy atom. The third-order valence-electron chi connectivity index (χ3n) is 3.60. The maximum atomic E-state index is 6.46. The maximum absolute atomic E-state index is 6.46. The highest BCUT2D eigenvalue weighted by atomic mass is 32.2. The Morgan fingerprint density at radius 3 is 2.40 bits per heavy atom. The molecule has 5 heteroatoms. The number of hydrogen-bond donors (Lipinski definition) is 0. The van der Waals surface area contributed by atoms with Crippen LogP contribution in [0.25, 0.3) is 0 Å². The maximum Gasteiger partial charge on any atom is 0.363 e. The molecule has 1 atom stereocenters. The van der Waals surface area contributed by atoms with Gasteiger partial charge in [-0.25, -0.2) is 0 Å². The van der Waals surface area contributed by atoms with Crippen molar-refractivity contribution in [1.29, 1.82) is 0 Å². The molecule has 0 N–H and O–H groups in total. The molecule has 0 spiro atoms. The highest BCUT2D eigenvalue weighted by molar-refractivity contribution is 8.18. The number of benzene rings is 1. The second-order valence-corrected chi connectivity index (χ2v) is 9.36. The molecule has 0 amide bonds. The van der Waals surface area contributed by atoms with Gasteiger partial charge in [-0.05, 0) is 25.2 Å². The highest BCUT2D eigenvalue weighted by Gasteiger charge is 2.49. The second-order valence-electron chi connectivity index (χ2n) is 4.65. The first kappa shape index (κ1) is 15.8. The summed E-state index contributed by atoms with van der Waals surface area (Å²) in [6.07, 6.45) is 0. The number of hydrogen-bond acceptors (Lipinski definition) is 4. The standard InChI is InChI=1S/C15H24N2OSSi/c1-4-17(5-2)20(18-6-3,15-16-12-13-19-15)14-10-8-7-9-11-14/h7-11H,4-6,12-13H2,1-3H3. The zero-order chi connectivity index (χ0) is 14.4. The molecular weight excluding hydrogens is 284 g/mol. The van der Waals surface area contributed by atoms with E-state index in [-0.39, 0.29) is 0 Å². The Balaban J connectivity index is 2.54. The number of thioether (sulfide) groups is 1. The average Bonchev–Trinajstić information content (AvgIpc) is 3.03. The molecule has 0 fully saturated rings. The van der Waals surface area contributed by atoms with Crippen molar-refractivity contribution in [2.24, 2.45) is 4.99 Å². The minimum absolute atomic E-state index is 0.733. The van der Waals surface area contributed by atoms with Gasteiger partial charge < -0.3 is 4.43 Å². The van der Waals surface area contributed by atoms with Crippen molar-refractivity contribution in [2.45, 2.75) is 20.8 Å². The molecule has 1 heterocycles. The van der Waals surface area contributed by atoms with Crippen LogP contribution in [0.2, 0.25) is 0 Å². The molecule has 110 valence electrons. The lowest BCUT2D eigenvalue weighted by atomic mass is 10.4. The van der Waals surface area contributed by atoms with Crippen LogP contribution in [0.5, 0.6) is 0 Å². The molecule has 0 aromatic heterocycles. The van der Waals surface area contributed by atoms with E-state index in [1.54, 1.807) is 0 Å². The van der Waals surface area contributed by atoms with E-state index < -0.39 is 8.48 Å². The molecule has 0 aliphatic carbocycles. The summed E-state index contributed by atoms with van der Waals surface area (Å²) >= 11 is 1.89. The molecule has 1 aromatic carbocycles. The fraction of sp³-hybridized carbons (Fsp3) is 0.533. The van der Waals surface area contributed by atoms with Crippen molar-refractivity contribution in [2.75, 3.05) is 32.0 Å². The third kappa shape index (κ3) is 2.86. The van der Waals surface area contributed by atoms with Crippen molar-refractivity contribution in [3.63, 3.8) is 0 Å². The molecule has 0 saturated carbocycles. The minimum Gasteiger partial charge on any atom is -0.396 e. The SMILES string of the molecule is CCO[Si](C1=NCCS1)(c1ccccc1)N(CC)CC. The van der Waals surface area contributed by atoms with E-state index in [1.807, 2.05) is 11.8 Å². The van der Waals surface area contributed by atoms with Crippen LogP contribution >= 0.6 is 11.8 Å². The van der Waals surface area contributed by atoms with Gasteiger partial charge in [0.25, 0.3) is 0 Å². The van der Waals surface area contributed by atoms with Crippen LogP contribution in [0, 0.1) is 0 Å². The van der Waals surface area contributed by atoms with Gasteiger partial charge in [0.05, 0.1) is 0 Å². The summed E-state index contributed by atoms with van der Waals surface area (Å²) in [6.45, 7) is 10.2. The Labute approximate surface area is 127 Å². The molecule has 0 bridgehead atoms. The lowest BCUT2D eigenvalue weighted by molar-refractivity contribution is 0.279. The summed E-state index contributed by atoms with van der Waals surface area (Å²) in [5, 5.41) is 1.32. The summed E-state index contributed by atoms with van der Waals surface area (Å²) in [4.78, 5) is 4.79. The van der Waals surface area contributed by atoms with E-state index >= 15 is 0 Å². The molecule has 1 aliphatic heterocycles. The second kappa shape index (κ2) is 7.40. The predicted octanol–water partition coefficient (Wildman–Crippen LogP) is 2.40. The third-order valence-corrected chi connectivity index (χ3v) is 9.74. The van der Waals surface area contributed by atoms with Crippen molar-refractivity contribution in [1.82, 2.24) is 4.57 Å². The van der Waals surface area contributed by atoms with Crippen molar-refractivity contribution >= 4 is 30.1 Å². The first-order valence-electron chi connectivity index (χ1n) is 7.41. The van der Waals surface area contributed by atoms with Gasteiger partial charge in [-0.2, -0.15) is 0 Å². The van der Waals surface area contributed by atoms with Crippen LogP contribution in [0.4, 0.5) is 0 Å². The van der Waals surface area contributed by atoms with Crippen LogP contribution in [0.15, 0.2) is 35.3 Å². The van der Waals surface area contributed by atoms with Gasteiger partial charge in [-0.3, -0.25) is 9.56 Å². The number of aliphatic imine (C=N–C) groups is 1. The molecule has 1 unspecified atom stereocenters. The molecule has 20 heavy (non-hydrogen) atoms. The molecule has 0 saturated heterocycles. The fourth-order valence-electron chi connectivity index (χ4n) is 2.76. The zero-order valence-electron chi connectivity index (χ0n) is 12.6. The summed E-state index contributed by atoms with van der Waals surface area (Å²) in [5.41, 5.74) is 0. The van der Waals surface area contributed by atoms with Crippen LogP contribution in [-0.4, -0.2) is 49.7 Å². The van der Waals surface area contributed by atoms with E-state index in [9.17, 15) is 0 Å². The van der Waals surface area contributed by atoms with Gasteiger partial charge >= 0.3 is 8.48 Å². The number of nitrogens with zero attached hydrogens (tertiary/aromatic N) is 2. The summed E-state index contributed by atoms with van der Waals surface area (Å²) < 4.78 is 10.2. The van der Waals surface area contributed by atoms with Gasteiger partial charge in [-0.1, -0.05) is 44.2 Å².